The van der Waals surface area contributed by atoms with Gasteiger partial charge in [0.25, 0.3) is 5.91 Å². The number of carbonyl (C=O) groups is 5. The molecule has 4 N–H and O–H groups in total. The Bertz CT molecular complexity index is 3290. The van der Waals surface area contributed by atoms with E-state index in [1.165, 1.54) is 11.3 Å². The van der Waals surface area contributed by atoms with Crippen LogP contribution in [0.25, 0.3) is 32.2 Å². The minimum atomic E-state index is -1.13. The summed E-state index contributed by atoms with van der Waals surface area (Å²) in [5.74, 6) is -0.904. The zero-order valence-electron chi connectivity index (χ0n) is 40.2. The number of hydrogen-bond acceptors (Lipinski definition) is 12. The Kier molecular flexibility index (Phi) is 12.5. The molecular formula is C55H55N9O7S. The van der Waals surface area contributed by atoms with E-state index in [-0.39, 0.29) is 41.2 Å². The summed E-state index contributed by atoms with van der Waals surface area (Å²) in [5, 5.41) is 25.0. The second-order valence-corrected chi connectivity index (χ2v) is 20.9. The first-order chi connectivity index (χ1) is 34.9. The number of pyridine rings is 1. The van der Waals surface area contributed by atoms with Crippen LogP contribution in [-0.4, -0.2) is 92.1 Å². The maximum absolute atomic E-state index is 13.7. The number of benzene rings is 4. The third kappa shape index (κ3) is 9.29. The van der Waals surface area contributed by atoms with Crippen molar-refractivity contribution in [3.63, 3.8) is 0 Å². The molecule has 11 rings (SSSR count). The van der Waals surface area contributed by atoms with Crippen LogP contribution in [0.5, 0.6) is 5.75 Å². The summed E-state index contributed by atoms with van der Waals surface area (Å²) in [4.78, 5) is 77.7. The number of nitrogens with zero attached hydrogens (tertiary/aromatic N) is 6. The summed E-state index contributed by atoms with van der Waals surface area (Å²) in [6, 6.07) is 28.6. The maximum Gasteiger partial charge on any atom is 0.355 e. The van der Waals surface area contributed by atoms with Gasteiger partial charge in [-0.2, -0.15) is 5.10 Å². The molecule has 17 heteroatoms. The van der Waals surface area contributed by atoms with Gasteiger partial charge in [0.2, 0.25) is 17.7 Å². The van der Waals surface area contributed by atoms with Crippen molar-refractivity contribution in [2.24, 2.45) is 18.4 Å². The molecule has 1 saturated carbocycles. The number of nitrogens with one attached hydrogen (secondary N) is 3. The Morgan fingerprint density at radius 1 is 0.889 bits per heavy atom. The van der Waals surface area contributed by atoms with Crippen molar-refractivity contribution in [3.8, 4) is 16.9 Å². The number of aromatic nitrogens is 4. The molecule has 16 nitrogen and oxygen atoms in total. The zero-order valence-corrected chi connectivity index (χ0v) is 41.0. The molecule has 0 radical (unpaired) electrons. The van der Waals surface area contributed by atoms with Crippen molar-refractivity contribution in [3.05, 3.63) is 125 Å². The van der Waals surface area contributed by atoms with Gasteiger partial charge in [0.1, 0.15) is 11.6 Å². The van der Waals surface area contributed by atoms with Gasteiger partial charge >= 0.3 is 5.97 Å². The summed E-state index contributed by atoms with van der Waals surface area (Å²) < 4.78 is 9.25. The molecule has 4 aromatic carbocycles. The Hall–Kier alpha value is -7.50. The van der Waals surface area contributed by atoms with Crippen molar-refractivity contribution in [1.82, 2.24) is 30.0 Å². The fraction of sp³-hybridized carbons (Fsp3) is 0.345. The van der Waals surface area contributed by atoms with Crippen LogP contribution in [0.15, 0.2) is 91.0 Å². The Morgan fingerprint density at radius 3 is 2.54 bits per heavy atom. The number of carbonyl (C=O) groups excluding carboxylic acids is 4. The number of rotatable bonds is 12. The molecule has 4 aliphatic rings. The van der Waals surface area contributed by atoms with Crippen molar-refractivity contribution >= 4 is 78.7 Å². The molecule has 6 heterocycles. The van der Waals surface area contributed by atoms with Crippen LogP contribution in [-0.2, 0) is 34.4 Å². The van der Waals surface area contributed by atoms with E-state index >= 15 is 0 Å². The Morgan fingerprint density at radius 2 is 1.72 bits per heavy atom. The third-order valence-corrected chi connectivity index (χ3v) is 16.3. The lowest BCUT2D eigenvalue weighted by atomic mass is 9.76. The number of carboxylic acid groups (broad SMARTS) is 1. The molecule has 72 heavy (non-hydrogen) atoms. The van der Waals surface area contributed by atoms with E-state index in [4.69, 9.17) is 9.72 Å². The molecule has 4 amide bonds. The number of hydrogen-bond donors (Lipinski definition) is 4. The normalized spacial score (nSPS) is 18.8. The second kappa shape index (κ2) is 19.3. The number of likely N-dealkylation sites (tertiary alicyclic amines) is 1. The van der Waals surface area contributed by atoms with Crippen LogP contribution < -0.4 is 25.6 Å². The van der Waals surface area contributed by atoms with Crippen molar-refractivity contribution in [2.75, 3.05) is 48.3 Å². The molecule has 3 aliphatic heterocycles. The fourth-order valence-electron chi connectivity index (χ4n) is 11.4. The van der Waals surface area contributed by atoms with Gasteiger partial charge in [0.15, 0.2) is 10.8 Å². The Labute approximate surface area is 419 Å². The van der Waals surface area contributed by atoms with Gasteiger partial charge in [-0.3, -0.25) is 39.4 Å². The highest BCUT2D eigenvalue weighted by Gasteiger charge is 2.42. The number of ether oxygens (including phenoxy) is 1. The van der Waals surface area contributed by atoms with Gasteiger partial charge in [-0.05, 0) is 153 Å². The smallest absolute Gasteiger partial charge is 0.355 e. The topological polar surface area (TPSA) is 201 Å². The molecule has 368 valence electrons. The number of para-hydroxylation sites is 1. The van der Waals surface area contributed by atoms with Crippen LogP contribution >= 0.6 is 11.3 Å². The van der Waals surface area contributed by atoms with Crippen LogP contribution in [0.2, 0.25) is 0 Å². The molecule has 2 atom stereocenters. The van der Waals surface area contributed by atoms with Gasteiger partial charge in [-0.25, -0.2) is 14.8 Å². The first kappa shape index (κ1) is 46.9. The van der Waals surface area contributed by atoms with Gasteiger partial charge in [-0.15, -0.1) is 0 Å². The molecule has 3 fully saturated rings. The predicted molar refractivity (Wildman–Crippen MR) is 276 cm³/mol. The highest BCUT2D eigenvalue weighted by molar-refractivity contribution is 7.22. The van der Waals surface area contributed by atoms with Crippen molar-refractivity contribution in [2.45, 2.75) is 70.8 Å². The van der Waals surface area contributed by atoms with Gasteiger partial charge < -0.3 is 20.1 Å². The SMILES string of the molecule is Cc1c(OCC2CCC3(CCN(CC(=O)Nc4ccc5c(C6CCC(=O)NC6=O)nn(C)c5c4)CC3)C2)cccc1-c1ccc(N2CCc3cccc(C(=O)Nc4nc5ccccc5s4)c3C2)nc1C(=O)O. The van der Waals surface area contributed by atoms with E-state index in [0.717, 1.165) is 94.3 Å². The van der Waals surface area contributed by atoms with E-state index in [1.807, 2.05) is 110 Å². The van der Waals surface area contributed by atoms with Gasteiger partial charge in [-0.1, -0.05) is 47.7 Å². The average molecular weight is 986 g/mol. The largest absolute Gasteiger partial charge is 0.493 e. The summed E-state index contributed by atoms with van der Waals surface area (Å²) in [5.41, 5.74) is 7.72. The Balaban J connectivity index is 0.690. The minimum Gasteiger partial charge on any atom is -0.493 e. The van der Waals surface area contributed by atoms with Crippen LogP contribution in [0.1, 0.15) is 94.1 Å². The van der Waals surface area contributed by atoms with Crippen LogP contribution in [0.3, 0.4) is 0 Å². The number of thiazole rings is 1. The molecule has 1 aliphatic carbocycles. The number of amides is 4. The van der Waals surface area contributed by atoms with E-state index in [1.54, 1.807) is 4.68 Å². The maximum atomic E-state index is 13.7. The van der Waals surface area contributed by atoms with Crippen molar-refractivity contribution < 1.29 is 33.8 Å². The number of piperidine rings is 2. The molecule has 2 unspecified atom stereocenters. The first-order valence-corrected chi connectivity index (χ1v) is 25.5. The highest BCUT2D eigenvalue weighted by atomic mass is 32.1. The number of anilines is 3. The van der Waals surface area contributed by atoms with Gasteiger partial charge in [0, 0.05) is 48.8 Å². The fourth-order valence-corrected chi connectivity index (χ4v) is 12.3. The molecule has 3 aromatic heterocycles. The molecule has 1 spiro atoms. The lowest BCUT2D eigenvalue weighted by Crippen LogP contribution is -2.42. The van der Waals surface area contributed by atoms with Gasteiger partial charge in [0.05, 0.1) is 40.5 Å². The van der Waals surface area contributed by atoms with Crippen molar-refractivity contribution in [1.29, 1.82) is 0 Å². The summed E-state index contributed by atoms with van der Waals surface area (Å²) in [7, 11) is 1.81. The molecular weight excluding hydrogens is 931 g/mol. The standard InChI is InChI=1S/C55H55N9O7S/c1-32-36(37-15-17-46(58-50(37)53(69)70)64-24-20-34-7-5-9-38(41(34)29-64)51(67)60-54-57-42-10-3-4-12-45(42)72-54)8-6-11-44(32)71-31-33-19-21-55(28-33)22-25-63(26-23-55)30-48(66)56-35-13-14-39-43(27-35)62(2)61-49(39)40-16-18-47(65)59-52(40)68/h3-15,17,27,33,40H,16,18-26,28-31H2,1-2H3,(H,56,66)(H,69,70)(H,57,60,67)(H,59,65,68). The van der Waals surface area contributed by atoms with Crippen LogP contribution in [0.4, 0.5) is 16.6 Å². The molecule has 7 aromatic rings. The predicted octanol–water partition coefficient (Wildman–Crippen LogP) is 8.49. The molecule has 2 saturated heterocycles. The molecule has 0 bridgehead atoms. The number of aromatic carboxylic acids is 1. The lowest BCUT2D eigenvalue weighted by molar-refractivity contribution is -0.134. The van der Waals surface area contributed by atoms with Crippen LogP contribution in [0, 0.1) is 18.3 Å². The number of aryl methyl sites for hydroxylation is 1. The number of carboxylic acids is 1. The summed E-state index contributed by atoms with van der Waals surface area (Å²) in [6.07, 6.45) is 6.64. The quantitative estimate of drug-likeness (QED) is 0.0853. The minimum absolute atomic E-state index is 0.0461. The highest BCUT2D eigenvalue weighted by Crippen LogP contribution is 2.49. The van der Waals surface area contributed by atoms with E-state index in [2.05, 4.69) is 30.9 Å². The first-order valence-electron chi connectivity index (χ1n) is 24.7. The second-order valence-electron chi connectivity index (χ2n) is 19.8. The number of imide groups is 1. The van der Waals surface area contributed by atoms with E-state index < -0.39 is 11.9 Å². The average Bonchev–Trinajstić information content (AvgIpc) is 4.08. The van der Waals surface area contributed by atoms with E-state index in [9.17, 15) is 29.1 Å². The van der Waals surface area contributed by atoms with E-state index in [0.29, 0.717) is 78.5 Å². The number of fused-ring (bicyclic) bond motifs is 3. The summed E-state index contributed by atoms with van der Waals surface area (Å²) in [6.45, 7) is 5.52. The monoisotopic (exact) mass is 985 g/mol. The zero-order chi connectivity index (χ0) is 49.7. The third-order valence-electron chi connectivity index (χ3n) is 15.3. The summed E-state index contributed by atoms with van der Waals surface area (Å²) >= 11 is 1.43. The lowest BCUT2D eigenvalue weighted by Gasteiger charge is -2.39.